The van der Waals surface area contributed by atoms with E-state index in [2.05, 4.69) is 0 Å². The van der Waals surface area contributed by atoms with Crippen molar-refractivity contribution in [2.45, 2.75) is 25.9 Å². The van der Waals surface area contributed by atoms with Crippen LogP contribution in [0.1, 0.15) is 30.1 Å². The van der Waals surface area contributed by atoms with Crippen molar-refractivity contribution in [2.24, 2.45) is 5.92 Å². The summed E-state index contributed by atoms with van der Waals surface area (Å²) in [5.41, 5.74) is 2.14. The number of aryl methyl sites for hydroxylation is 1. The first-order chi connectivity index (χ1) is 7.68. The Morgan fingerprint density at radius 3 is 2.69 bits per heavy atom. The van der Waals surface area contributed by atoms with Crippen LogP contribution in [-0.2, 0) is 9.53 Å². The number of ether oxygens (including phenoxy) is 1. The molecule has 1 heterocycles. The minimum atomic E-state index is -0.759. The molecule has 1 aliphatic rings. The number of rotatable bonds is 2. The van der Waals surface area contributed by atoms with Gasteiger partial charge in [0.25, 0.3) is 0 Å². The molecule has 0 radical (unpaired) electrons. The average Bonchev–Trinajstić information content (AvgIpc) is 2.30. The van der Waals surface area contributed by atoms with Gasteiger partial charge in [0, 0.05) is 6.61 Å². The van der Waals surface area contributed by atoms with Crippen molar-refractivity contribution in [1.82, 2.24) is 0 Å². The van der Waals surface area contributed by atoms with Crippen LogP contribution in [0.25, 0.3) is 0 Å². The lowest BCUT2D eigenvalue weighted by Gasteiger charge is -2.29. The number of carboxylic acids is 1. The van der Waals surface area contributed by atoms with Gasteiger partial charge < -0.3 is 9.84 Å². The van der Waals surface area contributed by atoms with Crippen LogP contribution < -0.4 is 0 Å². The van der Waals surface area contributed by atoms with Gasteiger partial charge in [-0.25, -0.2) is 0 Å². The quantitative estimate of drug-likeness (QED) is 0.833. The minimum Gasteiger partial charge on any atom is -0.481 e. The van der Waals surface area contributed by atoms with Gasteiger partial charge in [-0.1, -0.05) is 29.8 Å². The van der Waals surface area contributed by atoms with Crippen LogP contribution in [0.5, 0.6) is 0 Å². The zero-order valence-electron chi connectivity index (χ0n) is 9.35. The number of hydrogen-bond donors (Lipinski definition) is 1. The Kier molecular flexibility index (Phi) is 3.25. The summed E-state index contributed by atoms with van der Waals surface area (Å²) in [5.74, 6) is -1.17. The number of hydrogen-bond acceptors (Lipinski definition) is 2. The fourth-order valence-corrected chi connectivity index (χ4v) is 2.12. The second-order valence-corrected chi connectivity index (χ2v) is 4.29. The molecule has 1 fully saturated rings. The van der Waals surface area contributed by atoms with Crippen molar-refractivity contribution in [2.75, 3.05) is 6.61 Å². The summed E-state index contributed by atoms with van der Waals surface area (Å²) >= 11 is 0. The molecule has 1 aromatic rings. The fourth-order valence-electron chi connectivity index (χ4n) is 2.12. The van der Waals surface area contributed by atoms with Crippen LogP contribution in [-0.4, -0.2) is 17.7 Å². The van der Waals surface area contributed by atoms with Crippen LogP contribution >= 0.6 is 0 Å². The second-order valence-electron chi connectivity index (χ2n) is 4.29. The normalized spacial score (nSPS) is 25.3. The predicted molar refractivity (Wildman–Crippen MR) is 60.2 cm³/mol. The molecule has 0 unspecified atom stereocenters. The zero-order valence-corrected chi connectivity index (χ0v) is 9.35. The summed E-state index contributed by atoms with van der Waals surface area (Å²) in [6.07, 6.45) is 1.25. The molecule has 0 aliphatic carbocycles. The maximum absolute atomic E-state index is 11.1. The molecule has 86 valence electrons. The van der Waals surface area contributed by atoms with Crippen molar-refractivity contribution in [3.05, 3.63) is 35.4 Å². The number of carbonyl (C=O) groups is 1. The molecular weight excluding hydrogens is 204 g/mol. The van der Waals surface area contributed by atoms with Gasteiger partial charge in [0.05, 0.1) is 12.0 Å². The van der Waals surface area contributed by atoms with Crippen LogP contribution in [0.2, 0.25) is 0 Å². The van der Waals surface area contributed by atoms with E-state index in [9.17, 15) is 4.79 Å². The molecule has 1 aromatic carbocycles. The first-order valence-corrected chi connectivity index (χ1v) is 5.59. The molecule has 0 aromatic heterocycles. The maximum Gasteiger partial charge on any atom is 0.309 e. The van der Waals surface area contributed by atoms with Crippen LogP contribution in [0.4, 0.5) is 0 Å². The Hall–Kier alpha value is -1.35. The van der Waals surface area contributed by atoms with E-state index in [1.165, 1.54) is 5.56 Å². The summed E-state index contributed by atoms with van der Waals surface area (Å²) < 4.78 is 5.60. The van der Waals surface area contributed by atoms with Crippen molar-refractivity contribution in [1.29, 1.82) is 0 Å². The van der Waals surface area contributed by atoms with E-state index < -0.39 is 11.9 Å². The summed E-state index contributed by atoms with van der Waals surface area (Å²) in [7, 11) is 0. The first kappa shape index (κ1) is 11.1. The molecule has 2 rings (SSSR count). The zero-order chi connectivity index (χ0) is 11.5. The van der Waals surface area contributed by atoms with Gasteiger partial charge in [0.2, 0.25) is 0 Å². The van der Waals surface area contributed by atoms with Gasteiger partial charge in [-0.2, -0.15) is 0 Å². The van der Waals surface area contributed by atoms with E-state index in [0.717, 1.165) is 12.0 Å². The molecule has 16 heavy (non-hydrogen) atoms. The Morgan fingerprint density at radius 2 is 2.06 bits per heavy atom. The van der Waals surface area contributed by atoms with Crippen molar-refractivity contribution >= 4 is 5.97 Å². The predicted octanol–water partition coefficient (Wildman–Crippen LogP) is 2.55. The largest absolute Gasteiger partial charge is 0.481 e. The van der Waals surface area contributed by atoms with Crippen LogP contribution in [0.3, 0.4) is 0 Å². The molecule has 0 bridgehead atoms. The lowest BCUT2D eigenvalue weighted by atomic mass is 9.89. The van der Waals surface area contributed by atoms with E-state index in [1.54, 1.807) is 0 Å². The number of benzene rings is 1. The smallest absolute Gasteiger partial charge is 0.309 e. The lowest BCUT2D eigenvalue weighted by molar-refractivity contribution is -0.151. The van der Waals surface area contributed by atoms with Gasteiger partial charge in [-0.3, -0.25) is 4.79 Å². The summed E-state index contributed by atoms with van der Waals surface area (Å²) in [6.45, 7) is 2.67. The maximum atomic E-state index is 11.1. The molecule has 1 saturated heterocycles. The van der Waals surface area contributed by atoms with Crippen molar-refractivity contribution < 1.29 is 14.6 Å². The molecule has 1 aliphatic heterocycles. The van der Waals surface area contributed by atoms with Gasteiger partial charge in [0.15, 0.2) is 0 Å². The van der Waals surface area contributed by atoms with E-state index >= 15 is 0 Å². The molecule has 1 N–H and O–H groups in total. The molecule has 3 heteroatoms. The Bertz CT molecular complexity index is 369. The second kappa shape index (κ2) is 4.66. The highest BCUT2D eigenvalue weighted by Gasteiger charge is 2.32. The molecule has 3 nitrogen and oxygen atoms in total. The molecule has 2 atom stereocenters. The van der Waals surface area contributed by atoms with Crippen molar-refractivity contribution in [3.8, 4) is 0 Å². The Balaban J connectivity index is 2.23. The lowest BCUT2D eigenvalue weighted by Crippen LogP contribution is -2.28. The topological polar surface area (TPSA) is 46.5 Å². The third-order valence-electron chi connectivity index (χ3n) is 3.05. The standard InChI is InChI=1S/C13H16O3/c1-9-4-6-10(7-5-9)12-11(13(14)15)3-2-8-16-12/h4-7,11-12H,2-3,8H2,1H3,(H,14,15)/t11-,12+/m1/s1. The van der Waals surface area contributed by atoms with E-state index in [-0.39, 0.29) is 6.10 Å². The first-order valence-electron chi connectivity index (χ1n) is 5.59. The molecule has 0 amide bonds. The van der Waals surface area contributed by atoms with Gasteiger partial charge >= 0.3 is 5.97 Å². The summed E-state index contributed by atoms with van der Waals surface area (Å²) in [4.78, 5) is 11.1. The third kappa shape index (κ3) is 2.25. The van der Waals surface area contributed by atoms with Crippen LogP contribution in [0, 0.1) is 12.8 Å². The van der Waals surface area contributed by atoms with E-state index in [4.69, 9.17) is 9.84 Å². The Morgan fingerprint density at radius 1 is 1.38 bits per heavy atom. The number of aliphatic carboxylic acids is 1. The summed E-state index contributed by atoms with van der Waals surface area (Å²) in [5, 5.41) is 9.14. The molecule has 0 spiro atoms. The fraction of sp³-hybridized carbons (Fsp3) is 0.462. The highest BCUT2D eigenvalue weighted by atomic mass is 16.5. The minimum absolute atomic E-state index is 0.285. The molecule has 0 saturated carbocycles. The number of carboxylic acid groups (broad SMARTS) is 1. The monoisotopic (exact) mass is 220 g/mol. The molecular formula is C13H16O3. The third-order valence-corrected chi connectivity index (χ3v) is 3.05. The Labute approximate surface area is 95.0 Å². The highest BCUT2D eigenvalue weighted by molar-refractivity contribution is 5.71. The summed E-state index contributed by atoms with van der Waals surface area (Å²) in [6, 6.07) is 7.90. The SMILES string of the molecule is Cc1ccc([C@@H]2OCCC[C@H]2C(=O)O)cc1. The van der Waals surface area contributed by atoms with E-state index in [0.29, 0.717) is 13.0 Å². The van der Waals surface area contributed by atoms with E-state index in [1.807, 2.05) is 31.2 Å². The highest BCUT2D eigenvalue weighted by Crippen LogP contribution is 2.33. The van der Waals surface area contributed by atoms with Gasteiger partial charge in [-0.15, -0.1) is 0 Å². The van der Waals surface area contributed by atoms with Crippen molar-refractivity contribution in [3.63, 3.8) is 0 Å². The average molecular weight is 220 g/mol. The van der Waals surface area contributed by atoms with Gasteiger partial charge in [-0.05, 0) is 25.3 Å². The van der Waals surface area contributed by atoms with Crippen LogP contribution in [0.15, 0.2) is 24.3 Å². The van der Waals surface area contributed by atoms with Gasteiger partial charge in [0.1, 0.15) is 0 Å².